The van der Waals surface area contributed by atoms with E-state index < -0.39 is 0 Å². The highest BCUT2D eigenvalue weighted by Crippen LogP contribution is 2.31. The van der Waals surface area contributed by atoms with Crippen LogP contribution in [0.15, 0.2) is 36.4 Å². The normalized spacial score (nSPS) is 10.1. The van der Waals surface area contributed by atoms with Gasteiger partial charge in [-0.25, -0.2) is 4.79 Å². The lowest BCUT2D eigenvalue weighted by Gasteiger charge is -2.14. The van der Waals surface area contributed by atoms with E-state index >= 15 is 0 Å². The van der Waals surface area contributed by atoms with E-state index in [2.05, 4.69) is 10.6 Å². The zero-order valence-electron chi connectivity index (χ0n) is 13.6. The molecule has 5 nitrogen and oxygen atoms in total. The van der Waals surface area contributed by atoms with E-state index in [4.69, 9.17) is 16.3 Å². The van der Waals surface area contributed by atoms with E-state index in [1.54, 1.807) is 12.1 Å². The number of ether oxygens (including phenoxy) is 1. The van der Waals surface area contributed by atoms with Gasteiger partial charge < -0.3 is 20.3 Å². The van der Waals surface area contributed by atoms with Gasteiger partial charge in [-0.1, -0.05) is 11.6 Å². The molecule has 0 saturated carbocycles. The number of rotatable bonds is 4. The lowest BCUT2D eigenvalue weighted by molar-refractivity contribution is 0.262. The highest BCUT2D eigenvalue weighted by molar-refractivity contribution is 6.31. The van der Waals surface area contributed by atoms with Crippen molar-refractivity contribution in [1.82, 2.24) is 0 Å². The van der Waals surface area contributed by atoms with E-state index in [1.807, 2.05) is 50.2 Å². The number of nitrogens with one attached hydrogen (secondary N) is 2. The number of halogens is 1. The molecule has 2 rings (SSSR count). The topological polar surface area (TPSA) is 53.6 Å². The molecule has 0 saturated heterocycles. The Bertz CT molecular complexity index is 700. The van der Waals surface area contributed by atoms with Crippen LogP contribution in [0.4, 0.5) is 21.9 Å². The molecule has 2 N–H and O–H groups in total. The van der Waals surface area contributed by atoms with Gasteiger partial charge in [-0.3, -0.25) is 0 Å². The largest absolute Gasteiger partial charge is 0.495 e. The molecular weight excluding hydrogens is 314 g/mol. The molecule has 0 fully saturated rings. The van der Waals surface area contributed by atoms with Crippen LogP contribution < -0.4 is 20.3 Å². The van der Waals surface area contributed by atoms with Crippen LogP contribution in [0.3, 0.4) is 0 Å². The molecule has 0 heterocycles. The van der Waals surface area contributed by atoms with Crippen LogP contribution in [0.1, 0.15) is 5.56 Å². The van der Waals surface area contributed by atoms with E-state index in [0.717, 1.165) is 11.3 Å². The fourth-order valence-corrected chi connectivity index (χ4v) is 2.21. The molecule has 0 unspecified atom stereocenters. The number of hydrogen-bond acceptors (Lipinski definition) is 3. The number of amides is 2. The number of hydrogen-bond donors (Lipinski definition) is 2. The van der Waals surface area contributed by atoms with Crippen molar-refractivity contribution < 1.29 is 9.53 Å². The SMILES string of the molecule is COc1cc(Cl)c(C)cc1NC(=O)Nc1ccc(N(C)C)cc1. The number of carbonyl (C=O) groups is 1. The van der Waals surface area contributed by atoms with Crippen molar-refractivity contribution >= 4 is 34.7 Å². The van der Waals surface area contributed by atoms with Crippen molar-refractivity contribution in [2.45, 2.75) is 6.92 Å². The third-order valence-electron chi connectivity index (χ3n) is 3.37. The molecule has 23 heavy (non-hydrogen) atoms. The van der Waals surface area contributed by atoms with Crippen molar-refractivity contribution in [1.29, 1.82) is 0 Å². The molecule has 6 heteroatoms. The Kier molecular flexibility index (Phi) is 5.34. The first-order valence-electron chi connectivity index (χ1n) is 7.10. The summed E-state index contributed by atoms with van der Waals surface area (Å²) < 4.78 is 5.24. The maximum absolute atomic E-state index is 12.1. The van der Waals surface area contributed by atoms with Crippen LogP contribution in [0, 0.1) is 6.92 Å². The summed E-state index contributed by atoms with van der Waals surface area (Å²) in [6.07, 6.45) is 0. The zero-order chi connectivity index (χ0) is 17.0. The highest BCUT2D eigenvalue weighted by Gasteiger charge is 2.10. The van der Waals surface area contributed by atoms with E-state index in [0.29, 0.717) is 22.1 Å². The van der Waals surface area contributed by atoms with Gasteiger partial charge in [0.1, 0.15) is 5.75 Å². The maximum Gasteiger partial charge on any atom is 0.323 e. The summed E-state index contributed by atoms with van der Waals surface area (Å²) in [4.78, 5) is 14.1. The molecule has 0 aliphatic heterocycles. The smallest absolute Gasteiger partial charge is 0.323 e. The van der Waals surface area contributed by atoms with Gasteiger partial charge in [-0.2, -0.15) is 0 Å². The first-order valence-corrected chi connectivity index (χ1v) is 7.48. The van der Waals surface area contributed by atoms with Gasteiger partial charge in [-0.15, -0.1) is 0 Å². The van der Waals surface area contributed by atoms with Crippen molar-refractivity contribution in [2.24, 2.45) is 0 Å². The molecule has 0 aliphatic rings. The van der Waals surface area contributed by atoms with Gasteiger partial charge in [0.05, 0.1) is 12.8 Å². The van der Waals surface area contributed by atoms with E-state index in [9.17, 15) is 4.79 Å². The quantitative estimate of drug-likeness (QED) is 0.873. The Labute approximate surface area is 141 Å². The zero-order valence-corrected chi connectivity index (χ0v) is 14.4. The second-order valence-corrected chi connectivity index (χ2v) is 5.73. The van der Waals surface area contributed by atoms with Crippen molar-refractivity contribution in [3.63, 3.8) is 0 Å². The molecule has 0 aliphatic carbocycles. The second kappa shape index (κ2) is 7.24. The average molecular weight is 334 g/mol. The molecule has 2 aromatic rings. The first-order chi connectivity index (χ1) is 10.9. The second-order valence-electron chi connectivity index (χ2n) is 5.32. The Balaban J connectivity index is 2.09. The number of urea groups is 1. The summed E-state index contributed by atoms with van der Waals surface area (Å²) in [6, 6.07) is 10.7. The van der Waals surface area contributed by atoms with Gasteiger partial charge in [-0.05, 0) is 42.8 Å². The van der Waals surface area contributed by atoms with Crippen LogP contribution in [0.5, 0.6) is 5.75 Å². The average Bonchev–Trinajstić information content (AvgIpc) is 2.51. The first kappa shape index (κ1) is 17.0. The fourth-order valence-electron chi connectivity index (χ4n) is 2.06. The van der Waals surface area contributed by atoms with Crippen LogP contribution in [0.25, 0.3) is 0 Å². The molecule has 0 aromatic heterocycles. The van der Waals surface area contributed by atoms with Crippen LogP contribution >= 0.6 is 11.6 Å². The van der Waals surface area contributed by atoms with Gasteiger partial charge in [0.2, 0.25) is 0 Å². The van der Waals surface area contributed by atoms with Gasteiger partial charge in [0.15, 0.2) is 0 Å². The lowest BCUT2D eigenvalue weighted by atomic mass is 10.2. The summed E-state index contributed by atoms with van der Waals surface area (Å²) >= 11 is 6.06. The highest BCUT2D eigenvalue weighted by atomic mass is 35.5. The Morgan fingerprint density at radius 2 is 1.78 bits per heavy atom. The number of benzene rings is 2. The molecular formula is C17H20ClN3O2. The van der Waals surface area contributed by atoms with Crippen LogP contribution in [0.2, 0.25) is 5.02 Å². The van der Waals surface area contributed by atoms with E-state index in [1.165, 1.54) is 7.11 Å². The predicted octanol–water partition coefficient (Wildman–Crippen LogP) is 4.37. The molecule has 0 atom stereocenters. The Hall–Kier alpha value is -2.40. The molecule has 0 radical (unpaired) electrons. The minimum atomic E-state index is -0.345. The Morgan fingerprint density at radius 1 is 1.13 bits per heavy atom. The standard InChI is InChI=1S/C17H20ClN3O2/c1-11-9-15(16(23-4)10-14(11)18)20-17(22)19-12-5-7-13(8-6-12)21(2)3/h5-10H,1-4H3,(H2,19,20,22). The number of nitrogens with zero attached hydrogens (tertiary/aromatic N) is 1. The summed E-state index contributed by atoms with van der Waals surface area (Å²) in [6.45, 7) is 1.87. The molecule has 0 spiro atoms. The fraction of sp³-hybridized carbons (Fsp3) is 0.235. The minimum Gasteiger partial charge on any atom is -0.495 e. The molecule has 0 bridgehead atoms. The van der Waals surface area contributed by atoms with Gasteiger partial charge in [0, 0.05) is 36.6 Å². The maximum atomic E-state index is 12.1. The third kappa shape index (κ3) is 4.29. The summed E-state index contributed by atoms with van der Waals surface area (Å²) in [5.74, 6) is 0.513. The molecule has 2 amide bonds. The van der Waals surface area contributed by atoms with E-state index in [-0.39, 0.29) is 6.03 Å². The number of anilines is 3. The minimum absolute atomic E-state index is 0.345. The Morgan fingerprint density at radius 3 is 2.35 bits per heavy atom. The van der Waals surface area contributed by atoms with Gasteiger partial charge >= 0.3 is 6.03 Å². The lowest BCUT2D eigenvalue weighted by Crippen LogP contribution is -2.20. The van der Waals surface area contributed by atoms with Crippen molar-refractivity contribution in [2.75, 3.05) is 36.7 Å². The monoisotopic (exact) mass is 333 g/mol. The number of methoxy groups -OCH3 is 1. The summed E-state index contributed by atoms with van der Waals surface area (Å²) in [5.41, 5.74) is 3.19. The van der Waals surface area contributed by atoms with Crippen molar-refractivity contribution in [3.05, 3.63) is 47.0 Å². The predicted molar refractivity (Wildman–Crippen MR) is 96.2 cm³/mol. The van der Waals surface area contributed by atoms with Gasteiger partial charge in [0.25, 0.3) is 0 Å². The van der Waals surface area contributed by atoms with Crippen LogP contribution in [-0.2, 0) is 0 Å². The summed E-state index contributed by atoms with van der Waals surface area (Å²) in [5, 5.41) is 6.15. The number of aryl methyl sites for hydroxylation is 1. The third-order valence-corrected chi connectivity index (χ3v) is 3.78. The van der Waals surface area contributed by atoms with Crippen molar-refractivity contribution in [3.8, 4) is 5.75 Å². The number of carbonyl (C=O) groups excluding carboxylic acids is 1. The molecule has 2 aromatic carbocycles. The molecule has 122 valence electrons. The van der Waals surface area contributed by atoms with Crippen LogP contribution in [-0.4, -0.2) is 27.2 Å². The summed E-state index contributed by atoms with van der Waals surface area (Å²) in [7, 11) is 5.46.